The maximum atomic E-state index is 12.7. The first kappa shape index (κ1) is 18.0. The molecule has 1 heterocycles. The lowest BCUT2D eigenvalue weighted by Crippen LogP contribution is -2.70. The van der Waals surface area contributed by atoms with Crippen molar-refractivity contribution in [3.63, 3.8) is 0 Å². The second-order valence-corrected chi connectivity index (χ2v) is 9.01. The minimum absolute atomic E-state index is 0.0625. The van der Waals surface area contributed by atoms with E-state index in [-0.39, 0.29) is 28.6 Å². The molecule has 1 aromatic rings. The summed E-state index contributed by atoms with van der Waals surface area (Å²) in [5.74, 6) is 0.874. The highest BCUT2D eigenvalue weighted by Gasteiger charge is 2.68. The summed E-state index contributed by atoms with van der Waals surface area (Å²) in [6.45, 7) is 3.31. The Morgan fingerprint density at radius 2 is 2.18 bits per heavy atom. The number of aromatic hydroxyl groups is 1. The molecule has 150 valence electrons. The fraction of sp³-hybridized carbons (Fsp3) is 0.609. The molecule has 28 heavy (non-hydrogen) atoms. The molecular weight excluding hydrogens is 354 g/mol. The third-order valence-electron chi connectivity index (χ3n) is 8.14. The number of rotatable bonds is 3. The lowest BCUT2D eigenvalue weighted by molar-refractivity contribution is -0.160. The maximum absolute atomic E-state index is 12.7. The maximum Gasteiger partial charge on any atom is 0.309 e. The zero-order valence-electron chi connectivity index (χ0n) is 16.9. The van der Waals surface area contributed by atoms with Gasteiger partial charge in [-0.25, -0.2) is 0 Å². The number of hydrogen-bond acceptors (Lipinski definition) is 5. The Balaban J connectivity index is 1.70. The normalized spacial score (nSPS) is 37.9. The Morgan fingerprint density at radius 3 is 2.93 bits per heavy atom. The van der Waals surface area contributed by atoms with Crippen LogP contribution in [0, 0.1) is 17.3 Å². The number of nitrogens with zero attached hydrogens (tertiary/aromatic N) is 1. The molecule has 2 fully saturated rings. The number of allylic oxidation sites excluding steroid dienone is 1. The van der Waals surface area contributed by atoms with Crippen LogP contribution in [0.25, 0.3) is 0 Å². The molecule has 1 spiro atoms. The van der Waals surface area contributed by atoms with Gasteiger partial charge < -0.3 is 19.5 Å². The largest absolute Gasteiger partial charge is 0.504 e. The van der Waals surface area contributed by atoms with Gasteiger partial charge in [-0.05, 0) is 63.7 Å². The number of esters is 1. The van der Waals surface area contributed by atoms with E-state index in [0.717, 1.165) is 37.8 Å². The summed E-state index contributed by atoms with van der Waals surface area (Å²) in [5.41, 5.74) is 2.02. The highest BCUT2D eigenvalue weighted by molar-refractivity contribution is 5.75. The summed E-state index contributed by atoms with van der Waals surface area (Å²) >= 11 is 0. The molecule has 4 unspecified atom stereocenters. The van der Waals surface area contributed by atoms with Crippen LogP contribution in [0.3, 0.4) is 0 Å². The molecule has 1 saturated carbocycles. The molecule has 4 bridgehead atoms. The number of carbonyl (C=O) groups is 1. The zero-order valence-corrected chi connectivity index (χ0v) is 16.9. The Hall–Kier alpha value is -2.01. The molecule has 0 radical (unpaired) electrons. The summed E-state index contributed by atoms with van der Waals surface area (Å²) in [7, 11) is 3.81. The highest BCUT2D eigenvalue weighted by atomic mass is 16.5. The Morgan fingerprint density at radius 1 is 1.36 bits per heavy atom. The number of ether oxygens (including phenoxy) is 2. The van der Waals surface area contributed by atoms with Crippen molar-refractivity contribution >= 4 is 5.97 Å². The molecule has 5 nitrogen and oxygen atoms in total. The van der Waals surface area contributed by atoms with Gasteiger partial charge in [-0.1, -0.05) is 18.2 Å². The lowest BCUT2D eigenvalue weighted by Gasteiger charge is -2.68. The van der Waals surface area contributed by atoms with Gasteiger partial charge in [0, 0.05) is 22.4 Å². The van der Waals surface area contributed by atoms with Crippen LogP contribution in [0.1, 0.15) is 37.3 Å². The van der Waals surface area contributed by atoms with E-state index in [1.54, 1.807) is 7.11 Å². The smallest absolute Gasteiger partial charge is 0.309 e. The van der Waals surface area contributed by atoms with Gasteiger partial charge >= 0.3 is 5.97 Å². The SMILES string of the molecule is CCOC(=O)C1CC23C=CC1C[C@@]21CCN(C)C3Cc2ccc(OC)c(O)c21. The molecule has 1 aliphatic heterocycles. The molecule has 1 N–H and O–H groups in total. The molecule has 1 aromatic carbocycles. The van der Waals surface area contributed by atoms with Crippen LogP contribution in [0.4, 0.5) is 0 Å². The second-order valence-electron chi connectivity index (χ2n) is 9.01. The van der Waals surface area contributed by atoms with E-state index >= 15 is 0 Å². The highest BCUT2D eigenvalue weighted by Crippen LogP contribution is 2.70. The Labute approximate surface area is 166 Å². The first-order valence-corrected chi connectivity index (χ1v) is 10.4. The fourth-order valence-corrected chi connectivity index (χ4v) is 6.98. The summed E-state index contributed by atoms with van der Waals surface area (Å²) in [6, 6.07) is 4.34. The monoisotopic (exact) mass is 383 g/mol. The average Bonchev–Trinajstić information content (AvgIpc) is 2.70. The number of phenols is 1. The van der Waals surface area contributed by atoms with Crippen molar-refractivity contribution in [1.29, 1.82) is 0 Å². The predicted molar refractivity (Wildman–Crippen MR) is 105 cm³/mol. The van der Waals surface area contributed by atoms with E-state index < -0.39 is 0 Å². The molecule has 1 saturated heterocycles. The van der Waals surface area contributed by atoms with Crippen molar-refractivity contribution in [2.45, 2.75) is 44.1 Å². The van der Waals surface area contributed by atoms with Gasteiger partial charge in [-0.15, -0.1) is 0 Å². The summed E-state index contributed by atoms with van der Waals surface area (Å²) < 4.78 is 10.9. The molecular formula is C23H29NO4. The van der Waals surface area contributed by atoms with Crippen molar-refractivity contribution in [3.05, 3.63) is 35.4 Å². The van der Waals surface area contributed by atoms with E-state index in [1.165, 1.54) is 5.56 Å². The number of piperidine rings is 1. The van der Waals surface area contributed by atoms with Crippen molar-refractivity contribution in [1.82, 2.24) is 4.90 Å². The van der Waals surface area contributed by atoms with Crippen molar-refractivity contribution in [2.75, 3.05) is 27.3 Å². The quantitative estimate of drug-likeness (QED) is 0.642. The molecule has 5 aliphatic rings. The van der Waals surface area contributed by atoms with Crippen molar-refractivity contribution in [2.24, 2.45) is 17.3 Å². The number of fused-ring (bicyclic) bond motifs is 2. The first-order chi connectivity index (χ1) is 13.5. The summed E-state index contributed by atoms with van der Waals surface area (Å²) in [4.78, 5) is 15.2. The topological polar surface area (TPSA) is 59.0 Å². The molecule has 6 rings (SSSR count). The minimum Gasteiger partial charge on any atom is -0.504 e. The Bertz CT molecular complexity index is 864. The van der Waals surface area contributed by atoms with Crippen LogP contribution in [0.5, 0.6) is 11.5 Å². The van der Waals surface area contributed by atoms with Gasteiger partial charge in [0.05, 0.1) is 19.6 Å². The molecule has 4 aliphatic carbocycles. The number of carbonyl (C=O) groups excluding carboxylic acids is 1. The standard InChI is InChI=1S/C23H29NO4/c1-4-28-21(26)16-13-22-8-7-15(16)12-23(22)9-10-24(2)18(22)11-14-5-6-17(27-3)20(25)19(14)23/h5-8,15-16,18,25H,4,9-13H2,1-3H3/t15?,16?,18?,22?,23-/m1/s1. The number of phenolic OH excluding ortho intramolecular Hbond substituents is 1. The molecule has 0 amide bonds. The number of benzene rings is 1. The third kappa shape index (κ3) is 2.03. The van der Waals surface area contributed by atoms with Crippen LogP contribution in [-0.2, 0) is 21.4 Å². The third-order valence-corrected chi connectivity index (χ3v) is 8.14. The number of methoxy groups -OCH3 is 1. The first-order valence-electron chi connectivity index (χ1n) is 10.4. The molecule has 5 heteroatoms. The van der Waals surface area contributed by atoms with Crippen LogP contribution in [0.2, 0.25) is 0 Å². The van der Waals surface area contributed by atoms with Gasteiger partial charge in [0.15, 0.2) is 11.5 Å². The van der Waals surface area contributed by atoms with E-state index in [9.17, 15) is 9.90 Å². The zero-order chi connectivity index (χ0) is 19.7. The van der Waals surface area contributed by atoms with Gasteiger partial charge in [-0.3, -0.25) is 4.79 Å². The van der Waals surface area contributed by atoms with Crippen LogP contribution >= 0.6 is 0 Å². The number of hydrogen-bond donors (Lipinski definition) is 1. The van der Waals surface area contributed by atoms with Gasteiger partial charge in [-0.2, -0.15) is 0 Å². The average molecular weight is 383 g/mol. The molecule has 5 atom stereocenters. The van der Waals surface area contributed by atoms with Crippen LogP contribution in [-0.4, -0.2) is 49.3 Å². The Kier molecular flexibility index (Phi) is 3.86. The molecule has 0 aromatic heterocycles. The van der Waals surface area contributed by atoms with E-state index in [4.69, 9.17) is 9.47 Å². The van der Waals surface area contributed by atoms with Crippen molar-refractivity contribution in [3.8, 4) is 11.5 Å². The van der Waals surface area contributed by atoms with E-state index in [2.05, 4.69) is 30.2 Å². The lowest BCUT2D eigenvalue weighted by atomic mass is 9.38. The summed E-state index contributed by atoms with van der Waals surface area (Å²) in [5, 5.41) is 11.2. The van der Waals surface area contributed by atoms with Gasteiger partial charge in [0.2, 0.25) is 0 Å². The van der Waals surface area contributed by atoms with Crippen LogP contribution in [0.15, 0.2) is 24.3 Å². The second kappa shape index (κ2) is 5.99. The fourth-order valence-electron chi connectivity index (χ4n) is 6.98. The number of likely N-dealkylation sites (tertiary alicyclic amines) is 1. The summed E-state index contributed by atoms with van der Waals surface area (Å²) in [6.07, 6.45) is 8.22. The van der Waals surface area contributed by atoms with Crippen molar-refractivity contribution < 1.29 is 19.4 Å². The van der Waals surface area contributed by atoms with Gasteiger partial charge in [0.25, 0.3) is 0 Å². The predicted octanol–water partition coefficient (Wildman–Crippen LogP) is 3.04. The van der Waals surface area contributed by atoms with Gasteiger partial charge in [0.1, 0.15) is 0 Å². The van der Waals surface area contributed by atoms with Crippen LogP contribution < -0.4 is 4.74 Å². The van der Waals surface area contributed by atoms with E-state index in [1.807, 2.05) is 13.0 Å². The minimum atomic E-state index is -0.150. The van der Waals surface area contributed by atoms with E-state index in [0.29, 0.717) is 24.1 Å². The number of likely N-dealkylation sites (N-methyl/N-ethyl adjacent to an activating group) is 1.